The summed E-state index contributed by atoms with van der Waals surface area (Å²) in [7, 11) is 0. The second-order valence-electron chi connectivity index (χ2n) is 12.0. The zero-order valence-corrected chi connectivity index (χ0v) is 26.8. The van der Waals surface area contributed by atoms with Gasteiger partial charge in [0.15, 0.2) is 0 Å². The average molecular weight is 588 g/mol. The molecule has 0 amide bonds. The molecule has 0 fully saturated rings. The van der Waals surface area contributed by atoms with Gasteiger partial charge in [-0.3, -0.25) is 0 Å². The summed E-state index contributed by atoms with van der Waals surface area (Å²) in [5, 5.41) is 2.75. The summed E-state index contributed by atoms with van der Waals surface area (Å²) in [6, 6.07) is 4.89. The minimum atomic E-state index is 0. The molecule has 1 atom stereocenters. The molecule has 1 unspecified atom stereocenters. The molecule has 4 rings (SSSR count). The first kappa shape index (κ1) is 32.4. The van der Waals surface area contributed by atoms with Crippen LogP contribution in [-0.4, -0.2) is 0 Å². The third kappa shape index (κ3) is 5.64. The quantitative estimate of drug-likeness (QED) is 0.457. The van der Waals surface area contributed by atoms with Crippen LogP contribution >= 0.6 is 0 Å². The van der Waals surface area contributed by atoms with E-state index in [1.807, 2.05) is 0 Å². The van der Waals surface area contributed by atoms with Crippen molar-refractivity contribution in [1.29, 1.82) is 0 Å². The van der Waals surface area contributed by atoms with Gasteiger partial charge in [0.05, 0.1) is 0 Å². The van der Waals surface area contributed by atoms with E-state index >= 15 is 0 Å². The van der Waals surface area contributed by atoms with Crippen LogP contribution in [0.4, 0.5) is 0 Å². The first-order chi connectivity index (χ1) is 15.0. The maximum absolute atomic E-state index is 3.98. The van der Waals surface area contributed by atoms with E-state index in [0.29, 0.717) is 0 Å². The number of benzene rings is 1. The first-order valence-electron chi connectivity index (χ1n) is 12.7. The molecule has 0 nitrogen and oxygen atoms in total. The van der Waals surface area contributed by atoms with E-state index in [0.717, 1.165) is 12.8 Å². The molecule has 187 valence electrons. The molecule has 1 radical (unpaired) electrons. The maximum atomic E-state index is 3.98. The van der Waals surface area contributed by atoms with Crippen molar-refractivity contribution in [1.82, 2.24) is 0 Å². The average Bonchev–Trinajstić information content (AvgIpc) is 3.34. The standard InChI is InChI=1S/C32H41.2ClH.Zr/c1-9-13-23-19-25(30(3,4)5)20-24-21-27-26(28(23)24)16-18-32(17-10-2,31(6,7)8)29(27)22-14-11-12-15-22;;;/h11-12,14,16,18-20H,9-10,13,15,17H2,1-8H3;2*1H;/q-1;;;+3/p-2. The molecule has 1 aromatic carbocycles. The summed E-state index contributed by atoms with van der Waals surface area (Å²) in [5.74, 6) is 0. The van der Waals surface area contributed by atoms with Gasteiger partial charge in [-0.2, -0.15) is 0 Å². The number of fused-ring (bicyclic) bond motifs is 2. The van der Waals surface area contributed by atoms with Gasteiger partial charge < -0.3 is 24.8 Å². The molecule has 0 bridgehead atoms. The van der Waals surface area contributed by atoms with E-state index in [4.69, 9.17) is 0 Å². The summed E-state index contributed by atoms with van der Waals surface area (Å²) in [5.41, 5.74) is 9.01. The Kier molecular flexibility index (Phi) is 11.0. The number of rotatable bonds is 5. The molecule has 1 aromatic rings. The fraction of sp³-hybridized carbons (Fsp3) is 0.500. The van der Waals surface area contributed by atoms with E-state index in [1.165, 1.54) is 63.1 Å². The van der Waals surface area contributed by atoms with Crippen molar-refractivity contribution in [3.63, 3.8) is 0 Å². The number of allylic oxidation sites excluding steroid dienone is 8. The van der Waals surface area contributed by atoms with E-state index in [-0.39, 0.29) is 67.3 Å². The molecule has 0 aliphatic heterocycles. The van der Waals surface area contributed by atoms with Crippen LogP contribution in [0.3, 0.4) is 0 Å². The number of aryl methyl sites for hydroxylation is 1. The largest absolute Gasteiger partial charge is 3.00 e. The normalized spacial score (nSPS) is 20.3. The number of hydrogen-bond donors (Lipinski definition) is 0. The fourth-order valence-electron chi connectivity index (χ4n) is 5.92. The Hall–Kier alpha value is -0.617. The third-order valence-electron chi connectivity index (χ3n) is 7.71. The van der Waals surface area contributed by atoms with Crippen molar-refractivity contribution in [2.45, 2.75) is 92.9 Å². The van der Waals surface area contributed by atoms with Crippen molar-refractivity contribution in [3.05, 3.63) is 80.8 Å². The van der Waals surface area contributed by atoms with Gasteiger partial charge in [0.1, 0.15) is 0 Å². The van der Waals surface area contributed by atoms with Gasteiger partial charge in [0.2, 0.25) is 0 Å². The monoisotopic (exact) mass is 585 g/mol. The first-order valence-corrected chi connectivity index (χ1v) is 12.7. The van der Waals surface area contributed by atoms with E-state index in [2.05, 4.69) is 104 Å². The van der Waals surface area contributed by atoms with Gasteiger partial charge in [-0.1, -0.05) is 127 Å². The van der Waals surface area contributed by atoms with Crippen LogP contribution < -0.4 is 35.3 Å². The van der Waals surface area contributed by atoms with Crippen molar-refractivity contribution in [2.24, 2.45) is 10.8 Å². The van der Waals surface area contributed by atoms with Gasteiger partial charge in [-0.25, -0.2) is 0 Å². The van der Waals surface area contributed by atoms with Gasteiger partial charge >= 0.3 is 26.2 Å². The Morgan fingerprint density at radius 2 is 1.66 bits per heavy atom. The minimum absolute atomic E-state index is 0. The van der Waals surface area contributed by atoms with Crippen LogP contribution in [0.5, 0.6) is 0 Å². The zero-order chi connectivity index (χ0) is 23.3. The van der Waals surface area contributed by atoms with E-state index in [9.17, 15) is 0 Å². The van der Waals surface area contributed by atoms with Crippen molar-refractivity contribution < 1.29 is 51.0 Å². The summed E-state index contributed by atoms with van der Waals surface area (Å²) in [4.78, 5) is 0. The van der Waals surface area contributed by atoms with Crippen molar-refractivity contribution in [2.75, 3.05) is 0 Å². The smallest absolute Gasteiger partial charge is 1.00 e. The Bertz CT molecular complexity index is 1180. The molecule has 0 heterocycles. The Morgan fingerprint density at radius 1 is 0.971 bits per heavy atom. The van der Waals surface area contributed by atoms with Crippen LogP contribution in [0.2, 0.25) is 0 Å². The van der Waals surface area contributed by atoms with Gasteiger partial charge in [0, 0.05) is 0 Å². The molecule has 3 aliphatic carbocycles. The van der Waals surface area contributed by atoms with E-state index < -0.39 is 0 Å². The van der Waals surface area contributed by atoms with Crippen LogP contribution in [0.15, 0.2) is 59.2 Å². The minimum Gasteiger partial charge on any atom is -1.00 e. The molecule has 3 aliphatic rings. The molecule has 0 N–H and O–H groups in total. The molecule has 0 saturated heterocycles. The predicted molar refractivity (Wildman–Crippen MR) is 140 cm³/mol. The summed E-state index contributed by atoms with van der Waals surface area (Å²) in [6.07, 6.45) is 21.6. The van der Waals surface area contributed by atoms with Gasteiger partial charge in [0.25, 0.3) is 0 Å². The van der Waals surface area contributed by atoms with Crippen LogP contribution in [0.1, 0.15) is 92.2 Å². The Morgan fingerprint density at radius 3 is 2.17 bits per heavy atom. The topological polar surface area (TPSA) is 0 Å². The summed E-state index contributed by atoms with van der Waals surface area (Å²) in [6.45, 7) is 18.9. The van der Waals surface area contributed by atoms with Crippen LogP contribution in [0, 0.1) is 10.8 Å². The maximum Gasteiger partial charge on any atom is 3.00 e. The molecular formula is C32H41Cl2Zr. The zero-order valence-electron chi connectivity index (χ0n) is 22.8. The van der Waals surface area contributed by atoms with Crippen LogP contribution in [0.25, 0.3) is 11.6 Å². The second-order valence-corrected chi connectivity index (χ2v) is 12.0. The SMILES string of the molecule is CCCc1cc(C(C)(C)C)cc2c1=C1C=CC(CCC)(C(C)(C)C)C(C3=CC=CC3)=C1[C-]=2.[Cl-].[Cl-].[Zr+3]. The summed E-state index contributed by atoms with van der Waals surface area (Å²) >= 11 is 0. The molecular weight excluding hydrogens is 546 g/mol. The van der Waals surface area contributed by atoms with Gasteiger partial charge in [-0.05, 0) is 35.5 Å². The van der Waals surface area contributed by atoms with E-state index in [1.54, 1.807) is 0 Å². The Labute approximate surface area is 245 Å². The Balaban J connectivity index is 0.00000204. The van der Waals surface area contributed by atoms with Crippen LogP contribution in [-0.2, 0) is 38.0 Å². The second kappa shape index (κ2) is 11.8. The van der Waals surface area contributed by atoms with Crippen molar-refractivity contribution in [3.8, 4) is 0 Å². The molecule has 35 heavy (non-hydrogen) atoms. The molecule has 0 aromatic heterocycles. The van der Waals surface area contributed by atoms with Crippen molar-refractivity contribution >= 4 is 11.6 Å². The summed E-state index contributed by atoms with van der Waals surface area (Å²) < 4.78 is 0. The molecule has 0 saturated carbocycles. The number of hydrogen-bond acceptors (Lipinski definition) is 0. The van der Waals surface area contributed by atoms with Gasteiger partial charge in [-0.15, -0.1) is 33.7 Å². The predicted octanol–water partition coefficient (Wildman–Crippen LogP) is 1.35. The number of halogens is 2. The fourth-order valence-corrected chi connectivity index (χ4v) is 5.92. The third-order valence-corrected chi connectivity index (χ3v) is 7.71. The molecule has 0 spiro atoms. The molecule has 3 heteroatoms.